The molecule has 0 fully saturated rings. The molecule has 0 atom stereocenters. The van der Waals surface area contributed by atoms with Gasteiger partial charge in [0.1, 0.15) is 0 Å². The molecular weight excluding hydrogens is 291 g/mol. The number of rotatable bonds is 2. The van der Waals surface area contributed by atoms with Gasteiger partial charge in [0, 0.05) is 11.6 Å². The summed E-state index contributed by atoms with van der Waals surface area (Å²) >= 11 is 13.1. The molecule has 4 nitrogen and oxygen atoms in total. The van der Waals surface area contributed by atoms with Gasteiger partial charge < -0.3 is 5.32 Å². The fourth-order valence-corrected chi connectivity index (χ4v) is 2.48. The molecule has 3 rings (SSSR count). The minimum Gasteiger partial charge on any atom is -0.335 e. The van der Waals surface area contributed by atoms with E-state index in [0.29, 0.717) is 16.0 Å². The third-order valence-electron chi connectivity index (χ3n) is 2.42. The van der Waals surface area contributed by atoms with Crippen molar-refractivity contribution in [2.45, 2.75) is 0 Å². The highest BCUT2D eigenvalue weighted by Gasteiger charge is 2.09. The van der Waals surface area contributed by atoms with E-state index in [-0.39, 0.29) is 0 Å². The van der Waals surface area contributed by atoms with Crippen LogP contribution >= 0.6 is 34.9 Å². The van der Waals surface area contributed by atoms with Crippen LogP contribution in [0.3, 0.4) is 0 Å². The Morgan fingerprint density at radius 1 is 1.11 bits per heavy atom. The molecule has 18 heavy (non-hydrogen) atoms. The van der Waals surface area contributed by atoms with Crippen LogP contribution in [-0.2, 0) is 0 Å². The van der Waals surface area contributed by atoms with Gasteiger partial charge in [-0.05, 0) is 24.3 Å². The van der Waals surface area contributed by atoms with Gasteiger partial charge >= 0.3 is 0 Å². The number of benzene rings is 1. The highest BCUT2D eigenvalue weighted by Crippen LogP contribution is 2.31. The first-order valence-corrected chi connectivity index (χ1v) is 6.52. The minimum absolute atomic E-state index is 0.346. The van der Waals surface area contributed by atoms with Gasteiger partial charge in [-0.1, -0.05) is 23.2 Å². The van der Waals surface area contributed by atoms with Crippen molar-refractivity contribution in [3.05, 3.63) is 40.6 Å². The summed E-state index contributed by atoms with van der Waals surface area (Å²) in [7, 11) is 0. The average molecular weight is 297 g/mol. The summed E-state index contributed by atoms with van der Waals surface area (Å²) in [5.41, 5.74) is 1.57. The quantitative estimate of drug-likeness (QED) is 0.772. The molecule has 0 radical (unpaired) electrons. The van der Waals surface area contributed by atoms with Gasteiger partial charge in [0.05, 0.1) is 28.0 Å². The molecule has 7 heteroatoms. The van der Waals surface area contributed by atoms with E-state index in [0.717, 1.165) is 28.3 Å². The molecule has 0 aliphatic rings. The number of nitrogens with one attached hydrogen (secondary N) is 1. The van der Waals surface area contributed by atoms with Crippen LogP contribution in [-0.4, -0.2) is 13.7 Å². The monoisotopic (exact) mass is 296 g/mol. The zero-order valence-electron chi connectivity index (χ0n) is 8.89. The van der Waals surface area contributed by atoms with E-state index in [9.17, 15) is 0 Å². The first kappa shape index (κ1) is 11.6. The van der Waals surface area contributed by atoms with Crippen molar-refractivity contribution in [2.75, 3.05) is 5.32 Å². The Balaban J connectivity index is 2.13. The Kier molecular flexibility index (Phi) is 3.03. The maximum atomic E-state index is 6.12. The Labute approximate surface area is 117 Å². The molecule has 0 spiro atoms. The number of anilines is 2. The van der Waals surface area contributed by atoms with Crippen LogP contribution in [0.15, 0.2) is 30.5 Å². The number of pyridine rings is 1. The SMILES string of the molecule is Clc1nsnc1Nc1ccc(Cl)c2cccnc12. The van der Waals surface area contributed by atoms with Crippen molar-refractivity contribution in [1.29, 1.82) is 0 Å². The number of aromatic nitrogens is 3. The third-order valence-corrected chi connectivity index (χ3v) is 3.64. The zero-order chi connectivity index (χ0) is 12.5. The standard InChI is InChI=1S/C11H6Cl2N4S/c12-7-3-4-8(9-6(7)2-1-5-14-9)15-11-10(13)16-18-17-11/h1-5H,(H,15,17). The first-order valence-electron chi connectivity index (χ1n) is 5.04. The second kappa shape index (κ2) is 4.68. The molecule has 0 saturated carbocycles. The number of halogens is 2. The van der Waals surface area contributed by atoms with Gasteiger partial charge in [0.15, 0.2) is 11.0 Å². The summed E-state index contributed by atoms with van der Waals surface area (Å²) in [6, 6.07) is 7.40. The molecule has 1 aromatic carbocycles. The van der Waals surface area contributed by atoms with Crippen LogP contribution < -0.4 is 5.32 Å². The van der Waals surface area contributed by atoms with Crippen LogP contribution in [0, 0.1) is 0 Å². The lowest BCUT2D eigenvalue weighted by Crippen LogP contribution is -1.94. The summed E-state index contributed by atoms with van der Waals surface area (Å²) in [5, 5.41) is 4.99. The molecule has 3 aromatic rings. The van der Waals surface area contributed by atoms with Crippen molar-refractivity contribution in [3.63, 3.8) is 0 Å². The van der Waals surface area contributed by atoms with E-state index < -0.39 is 0 Å². The molecule has 0 amide bonds. The molecule has 2 aromatic heterocycles. The van der Waals surface area contributed by atoms with E-state index in [1.807, 2.05) is 24.3 Å². The Bertz CT molecular complexity index is 713. The maximum Gasteiger partial charge on any atom is 0.187 e. The van der Waals surface area contributed by atoms with Crippen LogP contribution in [0.5, 0.6) is 0 Å². The number of hydrogen-bond acceptors (Lipinski definition) is 5. The molecular formula is C11H6Cl2N4S. The lowest BCUT2D eigenvalue weighted by molar-refractivity contribution is 1.39. The number of hydrogen-bond donors (Lipinski definition) is 1. The molecule has 0 unspecified atom stereocenters. The van der Waals surface area contributed by atoms with Crippen LogP contribution in [0.4, 0.5) is 11.5 Å². The number of nitrogens with zero attached hydrogens (tertiary/aromatic N) is 3. The predicted molar refractivity (Wildman–Crippen MR) is 75.0 cm³/mol. The highest BCUT2D eigenvalue weighted by atomic mass is 35.5. The van der Waals surface area contributed by atoms with Crippen molar-refractivity contribution in [2.24, 2.45) is 0 Å². The van der Waals surface area contributed by atoms with Gasteiger partial charge in [-0.2, -0.15) is 8.75 Å². The lowest BCUT2D eigenvalue weighted by atomic mass is 10.2. The van der Waals surface area contributed by atoms with Gasteiger partial charge in [0.2, 0.25) is 0 Å². The highest BCUT2D eigenvalue weighted by molar-refractivity contribution is 6.99. The Hall–Kier alpha value is -1.43. The van der Waals surface area contributed by atoms with Gasteiger partial charge in [-0.15, -0.1) is 0 Å². The van der Waals surface area contributed by atoms with Crippen LogP contribution in [0.2, 0.25) is 10.2 Å². The smallest absolute Gasteiger partial charge is 0.187 e. The van der Waals surface area contributed by atoms with Crippen molar-refractivity contribution in [1.82, 2.24) is 13.7 Å². The zero-order valence-corrected chi connectivity index (χ0v) is 11.2. The summed E-state index contributed by atoms with van der Waals surface area (Å²) < 4.78 is 7.96. The second-order valence-corrected chi connectivity index (χ2v) is 4.82. The topological polar surface area (TPSA) is 50.7 Å². The van der Waals surface area contributed by atoms with Gasteiger partial charge in [0.25, 0.3) is 0 Å². The van der Waals surface area contributed by atoms with E-state index in [1.165, 1.54) is 0 Å². The summed E-state index contributed by atoms with van der Waals surface area (Å²) in [5.74, 6) is 0.524. The van der Waals surface area contributed by atoms with Crippen molar-refractivity contribution < 1.29 is 0 Å². The molecule has 0 saturated heterocycles. The molecule has 0 aliphatic carbocycles. The van der Waals surface area contributed by atoms with Gasteiger partial charge in [-0.3, -0.25) is 4.98 Å². The normalized spacial score (nSPS) is 10.8. The number of fused-ring (bicyclic) bond motifs is 1. The fourth-order valence-electron chi connectivity index (χ4n) is 1.62. The lowest BCUT2D eigenvalue weighted by Gasteiger charge is -2.07. The molecule has 0 aliphatic heterocycles. The van der Waals surface area contributed by atoms with E-state index >= 15 is 0 Å². The molecule has 2 heterocycles. The van der Waals surface area contributed by atoms with Crippen LogP contribution in [0.25, 0.3) is 10.9 Å². The van der Waals surface area contributed by atoms with E-state index in [1.54, 1.807) is 6.20 Å². The maximum absolute atomic E-state index is 6.12. The summed E-state index contributed by atoms with van der Waals surface area (Å²) in [4.78, 5) is 4.32. The van der Waals surface area contributed by atoms with E-state index in [4.69, 9.17) is 23.2 Å². The molecule has 0 bridgehead atoms. The largest absolute Gasteiger partial charge is 0.335 e. The average Bonchev–Trinajstić information content (AvgIpc) is 2.79. The second-order valence-electron chi connectivity index (χ2n) is 3.52. The predicted octanol–water partition coefficient (Wildman–Crippen LogP) is 4.14. The van der Waals surface area contributed by atoms with Gasteiger partial charge in [-0.25, -0.2) is 0 Å². The van der Waals surface area contributed by atoms with Crippen molar-refractivity contribution >= 4 is 57.3 Å². The van der Waals surface area contributed by atoms with Crippen LogP contribution in [0.1, 0.15) is 0 Å². The first-order chi connectivity index (χ1) is 8.75. The minimum atomic E-state index is 0.346. The van der Waals surface area contributed by atoms with E-state index in [2.05, 4.69) is 19.0 Å². The molecule has 90 valence electrons. The fraction of sp³-hybridized carbons (Fsp3) is 0. The Morgan fingerprint density at radius 3 is 2.78 bits per heavy atom. The molecule has 1 N–H and O–H groups in total. The summed E-state index contributed by atoms with van der Waals surface area (Å²) in [6.07, 6.45) is 1.71. The Morgan fingerprint density at radius 2 is 2.00 bits per heavy atom. The summed E-state index contributed by atoms with van der Waals surface area (Å²) in [6.45, 7) is 0. The van der Waals surface area contributed by atoms with Crippen molar-refractivity contribution in [3.8, 4) is 0 Å². The third kappa shape index (κ3) is 2.01.